The number of carbonyl (C=O) groups is 4. The summed E-state index contributed by atoms with van der Waals surface area (Å²) in [6.07, 6.45) is 4.32. The van der Waals surface area contributed by atoms with E-state index in [2.05, 4.69) is 5.32 Å². The van der Waals surface area contributed by atoms with Crippen molar-refractivity contribution in [2.45, 2.75) is 6.04 Å². The van der Waals surface area contributed by atoms with E-state index in [9.17, 15) is 24.3 Å². The van der Waals surface area contributed by atoms with E-state index >= 15 is 0 Å². The Morgan fingerprint density at radius 3 is 2.31 bits per heavy atom. The molecule has 2 unspecified atom stereocenters. The number of aliphatic carboxylic acids is 1. The number of nitrogens with zero attached hydrogens (tertiary/aromatic N) is 1. The van der Waals surface area contributed by atoms with Crippen molar-refractivity contribution >= 4 is 41.0 Å². The van der Waals surface area contributed by atoms with Crippen LogP contribution in [0.5, 0.6) is 0 Å². The molecule has 0 saturated carbocycles. The van der Waals surface area contributed by atoms with E-state index in [0.717, 1.165) is 16.0 Å². The van der Waals surface area contributed by atoms with Crippen molar-refractivity contribution in [2.75, 3.05) is 4.90 Å². The van der Waals surface area contributed by atoms with Crippen LogP contribution < -0.4 is 10.2 Å². The predicted molar refractivity (Wildman–Crippen MR) is 135 cm³/mol. The molecule has 1 aliphatic carbocycles. The fourth-order valence-electron chi connectivity index (χ4n) is 4.38. The Bertz CT molecular complexity index is 1480. The Hall–Kier alpha value is -4.49. The third kappa shape index (κ3) is 4.10. The molecule has 0 aromatic heterocycles. The van der Waals surface area contributed by atoms with Crippen molar-refractivity contribution in [3.05, 3.63) is 113 Å². The fraction of sp³-hybridized carbons (Fsp3) is 0.0714. The topological polar surface area (TPSA) is 104 Å². The standard InChI is InChI=1S/C28H19ClN2O5/c29-18-11-13-21(28(35)36)23(15-18)30-25(32)17-10-12-20-22(14-17)27(34)31(26(20)33)24-9-5-4-8-19(24)16-6-2-1-3-7-16/h1-15,21,23H,(H,30,32)(H,35,36). The van der Waals surface area contributed by atoms with Crippen molar-refractivity contribution in [1.29, 1.82) is 0 Å². The SMILES string of the molecule is O=C(NC1C=C(Cl)C=CC1C(=O)O)c1ccc2c(c1)C(=O)N(c1ccccc1-c1ccccc1)C2=O. The zero-order valence-electron chi connectivity index (χ0n) is 18.7. The summed E-state index contributed by atoms with van der Waals surface area (Å²) in [6, 6.07) is 19.9. The number of anilines is 1. The smallest absolute Gasteiger partial charge is 0.312 e. The minimum Gasteiger partial charge on any atom is -0.481 e. The average Bonchev–Trinajstić information content (AvgIpc) is 3.13. The number of hydrogen-bond donors (Lipinski definition) is 2. The molecule has 178 valence electrons. The number of imide groups is 1. The second-order valence-corrected chi connectivity index (χ2v) is 8.80. The van der Waals surface area contributed by atoms with Crippen LogP contribution >= 0.6 is 11.6 Å². The molecule has 0 saturated heterocycles. The number of halogens is 1. The van der Waals surface area contributed by atoms with E-state index in [1.165, 1.54) is 36.4 Å². The summed E-state index contributed by atoms with van der Waals surface area (Å²) < 4.78 is 0. The molecular weight excluding hydrogens is 480 g/mol. The number of amides is 3. The van der Waals surface area contributed by atoms with Gasteiger partial charge in [0.25, 0.3) is 17.7 Å². The number of carboxylic acids is 1. The average molecular weight is 499 g/mol. The van der Waals surface area contributed by atoms with E-state index in [-0.39, 0.29) is 16.7 Å². The molecule has 8 heteroatoms. The molecule has 0 fully saturated rings. The molecule has 0 radical (unpaired) electrons. The van der Waals surface area contributed by atoms with Gasteiger partial charge in [-0.2, -0.15) is 0 Å². The third-order valence-corrected chi connectivity index (χ3v) is 6.40. The summed E-state index contributed by atoms with van der Waals surface area (Å²) in [5.74, 6) is -3.71. The lowest BCUT2D eigenvalue weighted by atomic mass is 9.94. The van der Waals surface area contributed by atoms with Crippen LogP contribution in [-0.2, 0) is 4.79 Å². The molecule has 7 nitrogen and oxygen atoms in total. The lowest BCUT2D eigenvalue weighted by Crippen LogP contribution is -2.42. The Labute approximate surface area is 211 Å². The number of allylic oxidation sites excluding steroid dienone is 2. The first-order valence-corrected chi connectivity index (χ1v) is 11.5. The lowest BCUT2D eigenvalue weighted by molar-refractivity contribution is -0.140. The Morgan fingerprint density at radius 2 is 1.56 bits per heavy atom. The van der Waals surface area contributed by atoms with Gasteiger partial charge in [-0.15, -0.1) is 0 Å². The lowest BCUT2D eigenvalue weighted by Gasteiger charge is -2.23. The van der Waals surface area contributed by atoms with E-state index in [1.807, 2.05) is 42.5 Å². The van der Waals surface area contributed by atoms with Gasteiger partial charge < -0.3 is 10.4 Å². The zero-order valence-corrected chi connectivity index (χ0v) is 19.5. The molecule has 2 aliphatic rings. The monoisotopic (exact) mass is 498 g/mol. The minimum absolute atomic E-state index is 0.0995. The van der Waals surface area contributed by atoms with Gasteiger partial charge in [0.05, 0.1) is 28.8 Å². The number of para-hydroxylation sites is 1. The van der Waals surface area contributed by atoms with Crippen LogP contribution in [0.2, 0.25) is 0 Å². The number of hydrogen-bond acceptors (Lipinski definition) is 4. The van der Waals surface area contributed by atoms with Crippen LogP contribution in [-0.4, -0.2) is 34.8 Å². The summed E-state index contributed by atoms with van der Waals surface area (Å²) in [6.45, 7) is 0. The summed E-state index contributed by atoms with van der Waals surface area (Å²) in [5.41, 5.74) is 2.43. The maximum Gasteiger partial charge on any atom is 0.312 e. The maximum absolute atomic E-state index is 13.4. The normalized spacial score (nSPS) is 18.6. The number of carbonyl (C=O) groups excluding carboxylic acids is 3. The minimum atomic E-state index is -1.11. The second-order valence-electron chi connectivity index (χ2n) is 8.36. The first kappa shape index (κ1) is 23.3. The number of carboxylic acid groups (broad SMARTS) is 1. The molecular formula is C28H19ClN2O5. The van der Waals surface area contributed by atoms with Gasteiger partial charge in [0.1, 0.15) is 0 Å². The molecule has 2 N–H and O–H groups in total. The van der Waals surface area contributed by atoms with Crippen LogP contribution in [0.25, 0.3) is 11.1 Å². The molecule has 0 spiro atoms. The fourth-order valence-corrected chi connectivity index (χ4v) is 4.59. The highest BCUT2D eigenvalue weighted by Gasteiger charge is 2.38. The van der Waals surface area contributed by atoms with Crippen molar-refractivity contribution in [3.63, 3.8) is 0 Å². The molecule has 3 amide bonds. The van der Waals surface area contributed by atoms with Crippen molar-refractivity contribution in [1.82, 2.24) is 5.32 Å². The van der Waals surface area contributed by atoms with Gasteiger partial charge in [-0.1, -0.05) is 66.2 Å². The Balaban J connectivity index is 1.45. The van der Waals surface area contributed by atoms with E-state index < -0.39 is 35.7 Å². The maximum atomic E-state index is 13.4. The van der Waals surface area contributed by atoms with Crippen LogP contribution in [0.1, 0.15) is 31.1 Å². The zero-order chi connectivity index (χ0) is 25.4. The van der Waals surface area contributed by atoms with Gasteiger partial charge in [0.2, 0.25) is 0 Å². The van der Waals surface area contributed by atoms with Gasteiger partial charge in [-0.05, 0) is 42.0 Å². The molecule has 1 aliphatic heterocycles. The molecule has 3 aromatic rings. The van der Waals surface area contributed by atoms with Gasteiger partial charge in [-0.3, -0.25) is 19.2 Å². The summed E-state index contributed by atoms with van der Waals surface area (Å²) in [4.78, 5) is 52.3. The molecule has 1 heterocycles. The number of fused-ring (bicyclic) bond motifs is 1. The van der Waals surface area contributed by atoms with Crippen LogP contribution in [0.3, 0.4) is 0 Å². The number of benzene rings is 3. The van der Waals surface area contributed by atoms with Gasteiger partial charge >= 0.3 is 5.97 Å². The number of nitrogens with one attached hydrogen (secondary N) is 1. The third-order valence-electron chi connectivity index (χ3n) is 6.15. The van der Waals surface area contributed by atoms with Crippen LogP contribution in [0, 0.1) is 5.92 Å². The predicted octanol–water partition coefficient (Wildman–Crippen LogP) is 4.65. The van der Waals surface area contributed by atoms with Crippen LogP contribution in [0.15, 0.2) is 96.1 Å². The van der Waals surface area contributed by atoms with E-state index in [4.69, 9.17) is 11.6 Å². The van der Waals surface area contributed by atoms with E-state index in [0.29, 0.717) is 10.7 Å². The molecule has 2 atom stereocenters. The van der Waals surface area contributed by atoms with Gasteiger partial charge in [0.15, 0.2) is 0 Å². The highest BCUT2D eigenvalue weighted by molar-refractivity contribution is 6.35. The Kier molecular flexibility index (Phi) is 6.00. The van der Waals surface area contributed by atoms with Crippen molar-refractivity contribution < 1.29 is 24.3 Å². The summed E-state index contributed by atoms with van der Waals surface area (Å²) in [7, 11) is 0. The van der Waals surface area contributed by atoms with Gasteiger partial charge in [0, 0.05) is 16.2 Å². The summed E-state index contributed by atoms with van der Waals surface area (Å²) >= 11 is 6.00. The quantitative estimate of drug-likeness (QED) is 0.498. The largest absolute Gasteiger partial charge is 0.481 e. The first-order chi connectivity index (χ1) is 17.3. The molecule has 36 heavy (non-hydrogen) atoms. The second kappa shape index (κ2) is 9.28. The molecule has 3 aromatic carbocycles. The van der Waals surface area contributed by atoms with E-state index in [1.54, 1.807) is 12.1 Å². The number of rotatable bonds is 5. The molecule has 0 bridgehead atoms. The highest BCUT2D eigenvalue weighted by atomic mass is 35.5. The summed E-state index contributed by atoms with van der Waals surface area (Å²) in [5, 5.41) is 12.4. The van der Waals surface area contributed by atoms with Crippen molar-refractivity contribution in [2.24, 2.45) is 5.92 Å². The van der Waals surface area contributed by atoms with Crippen LogP contribution in [0.4, 0.5) is 5.69 Å². The molecule has 5 rings (SSSR count). The van der Waals surface area contributed by atoms with Gasteiger partial charge in [-0.25, -0.2) is 4.90 Å². The van der Waals surface area contributed by atoms with Crippen molar-refractivity contribution in [3.8, 4) is 11.1 Å². The highest BCUT2D eigenvalue weighted by Crippen LogP contribution is 2.36. The first-order valence-electron chi connectivity index (χ1n) is 11.1. The Morgan fingerprint density at radius 1 is 0.861 bits per heavy atom.